The zero-order valence-corrected chi connectivity index (χ0v) is 13.5. The predicted molar refractivity (Wildman–Crippen MR) is 87.8 cm³/mol. The van der Waals surface area contributed by atoms with Crippen LogP contribution in [-0.2, 0) is 6.42 Å². The molecule has 1 fully saturated rings. The molecule has 0 saturated heterocycles. The number of likely N-dealkylation sites (N-methyl/N-ethyl adjacent to an activating group) is 1. The Kier molecular flexibility index (Phi) is 5.80. The van der Waals surface area contributed by atoms with Gasteiger partial charge in [-0.05, 0) is 38.9 Å². The molecule has 0 aliphatic heterocycles. The second kappa shape index (κ2) is 7.61. The molecule has 2 rings (SSSR count). The molecule has 1 unspecified atom stereocenters. The normalized spacial score (nSPS) is 17.1. The molecule has 22 heavy (non-hydrogen) atoms. The fourth-order valence-corrected chi connectivity index (χ4v) is 2.57. The highest BCUT2D eigenvalue weighted by Gasteiger charge is 2.42. The van der Waals surface area contributed by atoms with Gasteiger partial charge in [0.15, 0.2) is 0 Å². The third-order valence-corrected chi connectivity index (χ3v) is 4.16. The number of rotatable bonds is 8. The first kappa shape index (κ1) is 16.8. The van der Waals surface area contributed by atoms with E-state index in [0.29, 0.717) is 6.54 Å². The summed E-state index contributed by atoms with van der Waals surface area (Å²) in [5, 5.41) is 15.2. The van der Waals surface area contributed by atoms with Crippen molar-refractivity contribution in [3.63, 3.8) is 0 Å². The molecule has 0 heterocycles. The molecular formula is C17H27N3O2. The van der Waals surface area contributed by atoms with Gasteiger partial charge < -0.3 is 20.6 Å². The SMILES string of the molecule is CN(C)CC(Cc1ccccc1)NC(=O)NCC1(CO)CC1. The van der Waals surface area contributed by atoms with Crippen molar-refractivity contribution in [3.05, 3.63) is 35.9 Å². The first-order valence-corrected chi connectivity index (χ1v) is 7.87. The number of carbonyl (C=O) groups is 1. The van der Waals surface area contributed by atoms with Crippen LogP contribution in [0.2, 0.25) is 0 Å². The van der Waals surface area contributed by atoms with E-state index in [2.05, 4.69) is 27.7 Å². The number of benzene rings is 1. The fraction of sp³-hybridized carbons (Fsp3) is 0.588. The molecule has 0 bridgehead atoms. The lowest BCUT2D eigenvalue weighted by atomic mass is 10.1. The minimum atomic E-state index is -0.150. The molecule has 3 N–H and O–H groups in total. The molecule has 5 heteroatoms. The average molecular weight is 305 g/mol. The van der Waals surface area contributed by atoms with Crippen molar-refractivity contribution in [2.24, 2.45) is 5.41 Å². The summed E-state index contributed by atoms with van der Waals surface area (Å²) in [6.07, 6.45) is 2.79. The molecular weight excluding hydrogens is 278 g/mol. The standard InChI is InChI=1S/C17H27N3O2/c1-20(2)11-15(10-14-6-4-3-5-7-14)19-16(22)18-12-17(13-21)8-9-17/h3-7,15,21H,8-13H2,1-2H3,(H2,18,19,22). The van der Waals surface area contributed by atoms with Gasteiger partial charge in [0.2, 0.25) is 0 Å². The molecule has 122 valence electrons. The maximum Gasteiger partial charge on any atom is 0.315 e. The van der Waals surface area contributed by atoms with E-state index in [-0.39, 0.29) is 24.1 Å². The third kappa shape index (κ3) is 5.31. The van der Waals surface area contributed by atoms with Crippen molar-refractivity contribution in [3.8, 4) is 0 Å². The monoisotopic (exact) mass is 305 g/mol. The Labute approximate surface area is 132 Å². The second-order valence-electron chi connectivity index (χ2n) is 6.63. The van der Waals surface area contributed by atoms with Crippen LogP contribution >= 0.6 is 0 Å². The van der Waals surface area contributed by atoms with Crippen molar-refractivity contribution in [2.75, 3.05) is 33.8 Å². The lowest BCUT2D eigenvalue weighted by Gasteiger charge is -2.23. The van der Waals surface area contributed by atoms with Crippen LogP contribution < -0.4 is 10.6 Å². The van der Waals surface area contributed by atoms with Gasteiger partial charge in [0.1, 0.15) is 0 Å². The fourth-order valence-electron chi connectivity index (χ4n) is 2.57. The van der Waals surface area contributed by atoms with Crippen LogP contribution in [0.5, 0.6) is 0 Å². The summed E-state index contributed by atoms with van der Waals surface area (Å²) in [5.41, 5.74) is 1.15. The number of aliphatic hydroxyl groups is 1. The number of aliphatic hydroxyl groups excluding tert-OH is 1. The van der Waals surface area contributed by atoms with Crippen molar-refractivity contribution in [1.29, 1.82) is 0 Å². The first-order chi connectivity index (χ1) is 10.5. The zero-order valence-electron chi connectivity index (χ0n) is 13.5. The van der Waals surface area contributed by atoms with Crippen LogP contribution in [0.15, 0.2) is 30.3 Å². The van der Waals surface area contributed by atoms with Crippen LogP contribution in [-0.4, -0.2) is 55.9 Å². The number of nitrogens with one attached hydrogen (secondary N) is 2. The van der Waals surface area contributed by atoms with E-state index in [9.17, 15) is 9.90 Å². The van der Waals surface area contributed by atoms with Gasteiger partial charge in [-0.25, -0.2) is 4.79 Å². The van der Waals surface area contributed by atoms with Crippen molar-refractivity contribution < 1.29 is 9.90 Å². The lowest BCUT2D eigenvalue weighted by Crippen LogP contribution is -2.48. The number of hydrogen-bond donors (Lipinski definition) is 3. The van der Waals surface area contributed by atoms with E-state index >= 15 is 0 Å². The van der Waals surface area contributed by atoms with Gasteiger partial charge in [-0.2, -0.15) is 0 Å². The summed E-state index contributed by atoms with van der Waals surface area (Å²) in [4.78, 5) is 14.2. The highest BCUT2D eigenvalue weighted by Crippen LogP contribution is 2.44. The Hall–Kier alpha value is -1.59. The van der Waals surface area contributed by atoms with Crippen LogP contribution in [0, 0.1) is 5.41 Å². The quantitative estimate of drug-likeness (QED) is 0.677. The topological polar surface area (TPSA) is 64.6 Å². The summed E-state index contributed by atoms with van der Waals surface area (Å²) in [5.74, 6) is 0. The third-order valence-electron chi connectivity index (χ3n) is 4.16. The van der Waals surface area contributed by atoms with Crippen LogP contribution in [0.25, 0.3) is 0 Å². The Morgan fingerprint density at radius 1 is 1.32 bits per heavy atom. The van der Waals surface area contributed by atoms with Crippen LogP contribution in [0.1, 0.15) is 18.4 Å². The van der Waals surface area contributed by atoms with Crippen molar-refractivity contribution in [1.82, 2.24) is 15.5 Å². The Bertz CT molecular complexity index is 472. The van der Waals surface area contributed by atoms with Gasteiger partial charge in [0.25, 0.3) is 0 Å². The molecule has 1 aliphatic rings. The van der Waals surface area contributed by atoms with E-state index in [1.54, 1.807) is 0 Å². The Morgan fingerprint density at radius 2 is 2.00 bits per heavy atom. The Morgan fingerprint density at radius 3 is 2.55 bits per heavy atom. The molecule has 1 aliphatic carbocycles. The van der Waals surface area contributed by atoms with Gasteiger partial charge in [0, 0.05) is 24.5 Å². The molecule has 2 amide bonds. The number of hydrogen-bond acceptors (Lipinski definition) is 3. The summed E-state index contributed by atoms with van der Waals surface area (Å²) >= 11 is 0. The number of nitrogens with zero attached hydrogens (tertiary/aromatic N) is 1. The summed E-state index contributed by atoms with van der Waals surface area (Å²) < 4.78 is 0. The van der Waals surface area contributed by atoms with E-state index in [1.165, 1.54) is 5.56 Å². The van der Waals surface area contributed by atoms with Crippen molar-refractivity contribution in [2.45, 2.75) is 25.3 Å². The minimum absolute atomic E-state index is 0.0571. The summed E-state index contributed by atoms with van der Waals surface area (Å²) in [6, 6.07) is 10.1. The molecule has 1 saturated carbocycles. The van der Waals surface area contributed by atoms with E-state index in [0.717, 1.165) is 25.8 Å². The minimum Gasteiger partial charge on any atom is -0.396 e. The van der Waals surface area contributed by atoms with Gasteiger partial charge >= 0.3 is 6.03 Å². The van der Waals surface area contributed by atoms with E-state index < -0.39 is 0 Å². The van der Waals surface area contributed by atoms with E-state index in [4.69, 9.17) is 0 Å². The zero-order chi connectivity index (χ0) is 16.0. The molecule has 1 aromatic carbocycles. The maximum absolute atomic E-state index is 12.1. The molecule has 5 nitrogen and oxygen atoms in total. The molecule has 1 atom stereocenters. The second-order valence-corrected chi connectivity index (χ2v) is 6.63. The average Bonchev–Trinajstić information content (AvgIpc) is 3.26. The highest BCUT2D eigenvalue weighted by atomic mass is 16.3. The van der Waals surface area contributed by atoms with Crippen molar-refractivity contribution >= 4 is 6.03 Å². The number of urea groups is 1. The molecule has 0 aromatic heterocycles. The van der Waals surface area contributed by atoms with Crippen LogP contribution in [0.4, 0.5) is 4.79 Å². The van der Waals surface area contributed by atoms with E-state index in [1.807, 2.05) is 32.3 Å². The van der Waals surface area contributed by atoms with Gasteiger partial charge in [-0.1, -0.05) is 30.3 Å². The van der Waals surface area contributed by atoms with Gasteiger partial charge in [-0.15, -0.1) is 0 Å². The van der Waals surface area contributed by atoms with Crippen LogP contribution in [0.3, 0.4) is 0 Å². The predicted octanol–water partition coefficient (Wildman–Crippen LogP) is 1.23. The molecule has 0 radical (unpaired) electrons. The molecule has 0 spiro atoms. The summed E-state index contributed by atoms with van der Waals surface area (Å²) in [6.45, 7) is 1.49. The summed E-state index contributed by atoms with van der Waals surface area (Å²) in [7, 11) is 4.01. The number of carbonyl (C=O) groups excluding carboxylic acids is 1. The van der Waals surface area contributed by atoms with Gasteiger partial charge in [0.05, 0.1) is 6.61 Å². The smallest absolute Gasteiger partial charge is 0.315 e. The number of amides is 2. The molecule has 1 aromatic rings. The lowest BCUT2D eigenvalue weighted by molar-refractivity contribution is 0.201. The first-order valence-electron chi connectivity index (χ1n) is 7.87. The largest absolute Gasteiger partial charge is 0.396 e. The highest BCUT2D eigenvalue weighted by molar-refractivity contribution is 5.74. The maximum atomic E-state index is 12.1. The Balaban J connectivity index is 1.84. The van der Waals surface area contributed by atoms with Gasteiger partial charge in [-0.3, -0.25) is 0 Å².